The molecule has 0 aliphatic carbocycles. The van der Waals surface area contributed by atoms with Gasteiger partial charge >= 0.3 is 0 Å². The smallest absolute Gasteiger partial charge is 0.229 e. The van der Waals surface area contributed by atoms with Crippen LogP contribution < -0.4 is 10.0 Å². The average molecular weight is 327 g/mol. The Morgan fingerprint density at radius 1 is 0.958 bits per heavy atom. The molecule has 1 amide bonds. The van der Waals surface area contributed by atoms with Crippen molar-refractivity contribution in [1.82, 2.24) is 4.90 Å². The van der Waals surface area contributed by atoms with Gasteiger partial charge in [0.15, 0.2) is 0 Å². The lowest BCUT2D eigenvalue weighted by Crippen LogP contribution is -2.54. The van der Waals surface area contributed by atoms with Crippen molar-refractivity contribution in [3.8, 4) is 0 Å². The molecule has 2 fully saturated rings. The fourth-order valence-corrected chi connectivity index (χ4v) is 3.92. The molecular formula is C18H19N2O4-. The molecule has 1 aromatic rings. The molecule has 4 rings (SSSR count). The topological polar surface area (TPSA) is 72.9 Å². The summed E-state index contributed by atoms with van der Waals surface area (Å²) in [6.45, 7) is 2.66. The molecule has 0 aromatic heterocycles. The first-order valence-electron chi connectivity index (χ1n) is 8.28. The second-order valence-electron chi connectivity index (χ2n) is 6.47. The van der Waals surface area contributed by atoms with Gasteiger partial charge in [0, 0.05) is 43.8 Å². The second kappa shape index (κ2) is 5.94. The summed E-state index contributed by atoms with van der Waals surface area (Å²) in [7, 11) is 0. The van der Waals surface area contributed by atoms with Crippen LogP contribution in [0.5, 0.6) is 0 Å². The van der Waals surface area contributed by atoms with Gasteiger partial charge in [-0.1, -0.05) is 30.4 Å². The summed E-state index contributed by atoms with van der Waals surface area (Å²) in [5, 5.41) is 11.4. The van der Waals surface area contributed by atoms with Gasteiger partial charge in [-0.15, -0.1) is 0 Å². The van der Waals surface area contributed by atoms with Crippen molar-refractivity contribution in [2.75, 3.05) is 31.1 Å². The molecule has 6 heteroatoms. The molecule has 3 heterocycles. The number of hydrogen-bond acceptors (Lipinski definition) is 5. The lowest BCUT2D eigenvalue weighted by Gasteiger charge is -2.38. The third kappa shape index (κ3) is 2.47. The average Bonchev–Trinajstić information content (AvgIpc) is 3.23. The van der Waals surface area contributed by atoms with Gasteiger partial charge in [-0.25, -0.2) is 0 Å². The molecular weight excluding hydrogens is 308 g/mol. The zero-order valence-electron chi connectivity index (χ0n) is 13.2. The SMILES string of the molecule is O=C([O-])[C@@H]1[C@H](C(=O)N2CCN(c3ccccc3)CC2)[C@H]2C=C[C@@H]1O2. The minimum atomic E-state index is -1.20. The number of nitrogens with zero attached hydrogens (tertiary/aromatic N) is 2. The molecule has 0 radical (unpaired) electrons. The highest BCUT2D eigenvalue weighted by atomic mass is 16.5. The van der Waals surface area contributed by atoms with Crippen molar-refractivity contribution >= 4 is 17.6 Å². The molecule has 3 aliphatic rings. The number of anilines is 1. The van der Waals surface area contributed by atoms with E-state index in [4.69, 9.17) is 4.74 Å². The molecule has 2 saturated heterocycles. The number of rotatable bonds is 3. The van der Waals surface area contributed by atoms with Crippen LogP contribution in [-0.2, 0) is 14.3 Å². The first kappa shape index (κ1) is 15.2. The summed E-state index contributed by atoms with van der Waals surface area (Å²) in [6, 6.07) is 10.1. The van der Waals surface area contributed by atoms with Crippen LogP contribution in [0.2, 0.25) is 0 Å². The first-order valence-corrected chi connectivity index (χ1v) is 8.28. The summed E-state index contributed by atoms with van der Waals surface area (Å²) < 4.78 is 5.57. The molecule has 0 unspecified atom stereocenters. The number of carbonyl (C=O) groups is 2. The summed E-state index contributed by atoms with van der Waals surface area (Å²) in [5.41, 5.74) is 1.14. The van der Waals surface area contributed by atoms with Gasteiger partial charge in [0.25, 0.3) is 0 Å². The van der Waals surface area contributed by atoms with Crippen LogP contribution in [0.4, 0.5) is 5.69 Å². The zero-order chi connectivity index (χ0) is 16.7. The predicted molar refractivity (Wildman–Crippen MR) is 85.0 cm³/mol. The van der Waals surface area contributed by atoms with Crippen LogP contribution in [0.25, 0.3) is 0 Å². The van der Waals surface area contributed by atoms with E-state index in [1.54, 1.807) is 17.1 Å². The summed E-state index contributed by atoms with van der Waals surface area (Å²) in [5.74, 6) is -2.87. The number of carboxylic acid groups (broad SMARTS) is 1. The lowest BCUT2D eigenvalue weighted by molar-refractivity contribution is -0.313. The van der Waals surface area contributed by atoms with E-state index in [0.29, 0.717) is 13.1 Å². The predicted octanol–water partition coefficient (Wildman–Crippen LogP) is -0.345. The number of ether oxygens (including phenoxy) is 1. The van der Waals surface area contributed by atoms with Crippen molar-refractivity contribution in [2.24, 2.45) is 11.8 Å². The maximum absolute atomic E-state index is 12.9. The van der Waals surface area contributed by atoms with Crippen molar-refractivity contribution in [3.05, 3.63) is 42.5 Å². The molecule has 2 bridgehead atoms. The number of para-hydroxylation sites is 1. The van der Waals surface area contributed by atoms with Crippen molar-refractivity contribution < 1.29 is 19.4 Å². The summed E-state index contributed by atoms with van der Waals surface area (Å²) in [4.78, 5) is 28.3. The number of amides is 1. The van der Waals surface area contributed by atoms with Gasteiger partial charge in [0.2, 0.25) is 5.91 Å². The molecule has 1 aromatic carbocycles. The quantitative estimate of drug-likeness (QED) is 0.710. The Labute approximate surface area is 140 Å². The van der Waals surface area contributed by atoms with Crippen molar-refractivity contribution in [1.29, 1.82) is 0 Å². The highest BCUT2D eigenvalue weighted by Gasteiger charge is 2.51. The van der Waals surface area contributed by atoms with Gasteiger partial charge in [0.05, 0.1) is 18.1 Å². The van der Waals surface area contributed by atoms with Crippen molar-refractivity contribution in [3.63, 3.8) is 0 Å². The number of aliphatic carboxylic acids is 1. The fourth-order valence-electron chi connectivity index (χ4n) is 3.92. The molecule has 6 nitrogen and oxygen atoms in total. The standard InChI is InChI=1S/C18H20N2O4/c21-17(15-13-6-7-14(24-13)16(15)18(22)23)20-10-8-19(9-11-20)12-4-2-1-3-5-12/h1-7,13-16H,8-11H2,(H,22,23)/p-1/t13-,14+,15-,16+/m1/s1. The highest BCUT2D eigenvalue weighted by Crippen LogP contribution is 2.40. The maximum Gasteiger partial charge on any atom is 0.229 e. The number of fused-ring (bicyclic) bond motifs is 2. The van der Waals surface area contributed by atoms with E-state index < -0.39 is 30.0 Å². The molecule has 0 N–H and O–H groups in total. The summed E-state index contributed by atoms with van der Waals surface area (Å²) >= 11 is 0. The first-order chi connectivity index (χ1) is 11.6. The Balaban J connectivity index is 1.43. The van der Waals surface area contributed by atoms with Crippen LogP contribution in [0.3, 0.4) is 0 Å². The van der Waals surface area contributed by atoms with Gasteiger partial charge < -0.3 is 24.4 Å². The van der Waals surface area contributed by atoms with Crippen LogP contribution in [0.15, 0.2) is 42.5 Å². The Hall–Kier alpha value is -2.34. The molecule has 126 valence electrons. The number of benzene rings is 1. The van der Waals surface area contributed by atoms with E-state index in [9.17, 15) is 14.7 Å². The second-order valence-corrected chi connectivity index (χ2v) is 6.47. The third-order valence-corrected chi connectivity index (χ3v) is 5.17. The third-order valence-electron chi connectivity index (χ3n) is 5.17. The lowest BCUT2D eigenvalue weighted by atomic mass is 9.82. The van der Waals surface area contributed by atoms with Crippen LogP contribution in [-0.4, -0.2) is 55.2 Å². The van der Waals surface area contributed by atoms with E-state index >= 15 is 0 Å². The minimum absolute atomic E-state index is 0.131. The Morgan fingerprint density at radius 3 is 2.21 bits per heavy atom. The summed E-state index contributed by atoms with van der Waals surface area (Å²) in [6.07, 6.45) is 2.56. The number of carboxylic acids is 1. The van der Waals surface area contributed by atoms with Gasteiger partial charge in [0.1, 0.15) is 0 Å². The molecule has 0 saturated carbocycles. The highest BCUT2D eigenvalue weighted by molar-refractivity contribution is 5.87. The van der Waals surface area contributed by atoms with E-state index in [1.807, 2.05) is 18.2 Å². The van der Waals surface area contributed by atoms with Gasteiger partial charge in [-0.2, -0.15) is 0 Å². The number of hydrogen-bond donors (Lipinski definition) is 0. The maximum atomic E-state index is 12.9. The van der Waals surface area contributed by atoms with Gasteiger partial charge in [-0.3, -0.25) is 4.79 Å². The zero-order valence-corrected chi connectivity index (χ0v) is 13.2. The van der Waals surface area contributed by atoms with E-state index in [0.717, 1.165) is 18.8 Å². The molecule has 0 spiro atoms. The number of carbonyl (C=O) groups excluding carboxylic acids is 2. The van der Waals surface area contributed by atoms with Gasteiger partial charge in [-0.05, 0) is 12.1 Å². The van der Waals surface area contributed by atoms with E-state index in [-0.39, 0.29) is 5.91 Å². The minimum Gasteiger partial charge on any atom is -0.550 e. The Bertz CT molecular complexity index is 667. The Kier molecular flexibility index (Phi) is 3.76. The Morgan fingerprint density at radius 2 is 1.58 bits per heavy atom. The van der Waals surface area contributed by atoms with Crippen LogP contribution in [0.1, 0.15) is 0 Å². The molecule has 24 heavy (non-hydrogen) atoms. The van der Waals surface area contributed by atoms with E-state index in [1.165, 1.54) is 0 Å². The van der Waals surface area contributed by atoms with Crippen LogP contribution in [0, 0.1) is 11.8 Å². The largest absolute Gasteiger partial charge is 0.550 e. The molecule has 4 atom stereocenters. The van der Waals surface area contributed by atoms with E-state index in [2.05, 4.69) is 17.0 Å². The molecule has 3 aliphatic heterocycles. The van der Waals surface area contributed by atoms with Crippen molar-refractivity contribution in [2.45, 2.75) is 12.2 Å². The monoisotopic (exact) mass is 327 g/mol. The number of piperazine rings is 1. The van der Waals surface area contributed by atoms with Crippen LogP contribution >= 0.6 is 0 Å². The normalized spacial score (nSPS) is 31.5. The fraction of sp³-hybridized carbons (Fsp3) is 0.444.